The van der Waals surface area contributed by atoms with Crippen molar-refractivity contribution >= 4 is 28.1 Å². The van der Waals surface area contributed by atoms with Crippen LogP contribution in [0.4, 0.5) is 11.4 Å². The standard InChI is InChI=1S/C14H13N3O3/c18-10-5-7-16(8-6-10)14-11-3-1-2-4-12(11)15-9-13(14)17(19)20/h1-4,9H,5-8H2. The van der Waals surface area contributed by atoms with Gasteiger partial charge in [0.2, 0.25) is 0 Å². The Kier molecular flexibility index (Phi) is 3.06. The van der Waals surface area contributed by atoms with E-state index in [1.54, 1.807) is 0 Å². The maximum atomic E-state index is 11.3. The number of hydrogen-bond acceptors (Lipinski definition) is 5. The second-order valence-electron chi connectivity index (χ2n) is 4.79. The van der Waals surface area contributed by atoms with E-state index in [0.717, 1.165) is 10.9 Å². The summed E-state index contributed by atoms with van der Waals surface area (Å²) < 4.78 is 0. The monoisotopic (exact) mass is 271 g/mol. The number of Topliss-reactive ketones (excluding diaryl/α,β-unsaturated/α-hetero) is 1. The van der Waals surface area contributed by atoms with Gasteiger partial charge >= 0.3 is 5.69 Å². The van der Waals surface area contributed by atoms with E-state index in [4.69, 9.17) is 0 Å². The van der Waals surface area contributed by atoms with E-state index in [9.17, 15) is 14.9 Å². The molecule has 20 heavy (non-hydrogen) atoms. The summed E-state index contributed by atoms with van der Waals surface area (Å²) in [6, 6.07) is 7.36. The first kappa shape index (κ1) is 12.5. The number of para-hydroxylation sites is 1. The Balaban J connectivity index is 2.17. The van der Waals surface area contributed by atoms with Gasteiger partial charge in [-0.1, -0.05) is 18.2 Å². The number of ketones is 1. The van der Waals surface area contributed by atoms with Crippen molar-refractivity contribution in [3.8, 4) is 0 Å². The van der Waals surface area contributed by atoms with Gasteiger partial charge in [0.05, 0.1) is 10.4 Å². The van der Waals surface area contributed by atoms with Gasteiger partial charge in [-0.15, -0.1) is 0 Å². The zero-order valence-electron chi connectivity index (χ0n) is 10.8. The van der Waals surface area contributed by atoms with Crippen molar-refractivity contribution in [2.45, 2.75) is 12.8 Å². The van der Waals surface area contributed by atoms with Gasteiger partial charge in [-0.2, -0.15) is 0 Å². The fourth-order valence-electron chi connectivity index (χ4n) is 2.56. The van der Waals surface area contributed by atoms with Crippen LogP contribution in [0.2, 0.25) is 0 Å². The lowest BCUT2D eigenvalue weighted by molar-refractivity contribution is -0.384. The molecule has 1 aromatic carbocycles. The van der Waals surface area contributed by atoms with Crippen molar-refractivity contribution in [1.29, 1.82) is 0 Å². The number of nitro groups is 1. The highest BCUT2D eigenvalue weighted by molar-refractivity contribution is 5.97. The van der Waals surface area contributed by atoms with Crippen molar-refractivity contribution < 1.29 is 9.72 Å². The largest absolute Gasteiger partial charge is 0.364 e. The van der Waals surface area contributed by atoms with E-state index in [1.165, 1.54) is 6.20 Å². The maximum Gasteiger partial charge on any atom is 0.311 e. The van der Waals surface area contributed by atoms with Crippen LogP contribution in [0.25, 0.3) is 10.9 Å². The highest BCUT2D eigenvalue weighted by Gasteiger charge is 2.26. The summed E-state index contributed by atoms with van der Waals surface area (Å²) in [5, 5.41) is 12.0. The van der Waals surface area contributed by atoms with Crippen molar-refractivity contribution in [2.24, 2.45) is 0 Å². The Morgan fingerprint density at radius 3 is 2.60 bits per heavy atom. The smallest absolute Gasteiger partial charge is 0.311 e. The fourth-order valence-corrected chi connectivity index (χ4v) is 2.56. The minimum absolute atomic E-state index is 0.00181. The molecular weight excluding hydrogens is 258 g/mol. The molecule has 0 N–H and O–H groups in total. The average Bonchev–Trinajstić information content (AvgIpc) is 2.47. The van der Waals surface area contributed by atoms with Crippen molar-refractivity contribution in [3.63, 3.8) is 0 Å². The third-order valence-corrected chi connectivity index (χ3v) is 3.56. The summed E-state index contributed by atoms with van der Waals surface area (Å²) >= 11 is 0. The molecule has 0 saturated carbocycles. The summed E-state index contributed by atoms with van der Waals surface area (Å²) in [6.07, 6.45) is 2.18. The van der Waals surface area contributed by atoms with Crippen LogP contribution >= 0.6 is 0 Å². The van der Waals surface area contributed by atoms with Gasteiger partial charge < -0.3 is 4.90 Å². The van der Waals surface area contributed by atoms with E-state index in [-0.39, 0.29) is 11.5 Å². The molecule has 1 aromatic heterocycles. The molecule has 0 aliphatic carbocycles. The topological polar surface area (TPSA) is 76.3 Å². The zero-order chi connectivity index (χ0) is 14.1. The van der Waals surface area contributed by atoms with Crippen molar-refractivity contribution in [3.05, 3.63) is 40.6 Å². The van der Waals surface area contributed by atoms with Crippen LogP contribution in [-0.2, 0) is 4.79 Å². The molecule has 6 heteroatoms. The number of carbonyl (C=O) groups is 1. The molecule has 0 amide bonds. The molecule has 3 rings (SSSR count). The van der Waals surface area contributed by atoms with Gasteiger partial charge in [0.25, 0.3) is 0 Å². The molecule has 1 aliphatic rings. The Bertz CT molecular complexity index is 689. The normalized spacial score (nSPS) is 15.6. The maximum absolute atomic E-state index is 11.3. The van der Waals surface area contributed by atoms with Gasteiger partial charge in [-0.25, -0.2) is 4.98 Å². The van der Waals surface area contributed by atoms with Crippen molar-refractivity contribution in [2.75, 3.05) is 18.0 Å². The number of hydrogen-bond donors (Lipinski definition) is 0. The van der Waals surface area contributed by atoms with Gasteiger partial charge in [0.15, 0.2) is 0 Å². The summed E-state index contributed by atoms with van der Waals surface area (Å²) in [5.41, 5.74) is 1.30. The Morgan fingerprint density at radius 2 is 1.90 bits per heavy atom. The first-order chi connectivity index (χ1) is 9.66. The molecule has 102 valence electrons. The molecular formula is C14H13N3O3. The minimum Gasteiger partial charge on any atom is -0.364 e. The van der Waals surface area contributed by atoms with E-state index >= 15 is 0 Å². The lowest BCUT2D eigenvalue weighted by atomic mass is 10.1. The van der Waals surface area contributed by atoms with E-state index in [0.29, 0.717) is 31.6 Å². The lowest BCUT2D eigenvalue weighted by Crippen LogP contribution is -2.34. The Labute approximate surface area is 115 Å². The Hall–Kier alpha value is -2.50. The Morgan fingerprint density at radius 1 is 1.20 bits per heavy atom. The van der Waals surface area contributed by atoms with Gasteiger partial charge in [-0.05, 0) is 6.07 Å². The van der Waals surface area contributed by atoms with Crippen LogP contribution in [0.5, 0.6) is 0 Å². The predicted octanol–water partition coefficient (Wildman–Crippen LogP) is 2.31. The number of rotatable bonds is 2. The molecule has 0 unspecified atom stereocenters. The number of fused-ring (bicyclic) bond motifs is 1. The van der Waals surface area contributed by atoms with Crippen LogP contribution in [0, 0.1) is 10.1 Å². The zero-order valence-corrected chi connectivity index (χ0v) is 10.8. The van der Waals surface area contributed by atoms with Crippen molar-refractivity contribution in [1.82, 2.24) is 4.98 Å². The van der Waals surface area contributed by atoms with Crippen LogP contribution in [0.15, 0.2) is 30.5 Å². The molecule has 2 heterocycles. The molecule has 0 spiro atoms. The summed E-state index contributed by atoms with van der Waals surface area (Å²) in [5.74, 6) is 0.210. The average molecular weight is 271 g/mol. The first-order valence-corrected chi connectivity index (χ1v) is 6.45. The van der Waals surface area contributed by atoms with Crippen LogP contribution in [0.1, 0.15) is 12.8 Å². The lowest BCUT2D eigenvalue weighted by Gasteiger charge is -2.28. The minimum atomic E-state index is -0.412. The van der Waals surface area contributed by atoms with Crippen LogP contribution < -0.4 is 4.90 Å². The molecule has 2 aromatic rings. The number of nitrogens with zero attached hydrogens (tertiary/aromatic N) is 3. The molecule has 0 bridgehead atoms. The molecule has 1 saturated heterocycles. The summed E-state index contributed by atoms with van der Waals surface area (Å²) in [6.45, 7) is 1.04. The molecule has 6 nitrogen and oxygen atoms in total. The highest BCUT2D eigenvalue weighted by Crippen LogP contribution is 2.35. The number of carbonyl (C=O) groups excluding carboxylic acids is 1. The van der Waals surface area contributed by atoms with E-state index in [2.05, 4.69) is 4.98 Å². The van der Waals surface area contributed by atoms with Gasteiger partial charge in [-0.3, -0.25) is 14.9 Å². The van der Waals surface area contributed by atoms with Gasteiger partial charge in [0.1, 0.15) is 17.7 Å². The first-order valence-electron chi connectivity index (χ1n) is 6.45. The van der Waals surface area contributed by atoms with Gasteiger partial charge in [0, 0.05) is 31.3 Å². The third-order valence-electron chi connectivity index (χ3n) is 3.56. The number of benzene rings is 1. The second-order valence-corrected chi connectivity index (χ2v) is 4.79. The van der Waals surface area contributed by atoms with Crippen LogP contribution in [-0.4, -0.2) is 28.8 Å². The highest BCUT2D eigenvalue weighted by atomic mass is 16.6. The summed E-state index contributed by atoms with van der Waals surface area (Å²) in [7, 11) is 0. The second kappa shape index (κ2) is 4.88. The molecule has 1 fully saturated rings. The third kappa shape index (κ3) is 2.09. The number of piperidine rings is 1. The quantitative estimate of drug-likeness (QED) is 0.618. The van der Waals surface area contributed by atoms with Crippen LogP contribution in [0.3, 0.4) is 0 Å². The van der Waals surface area contributed by atoms with E-state index in [1.807, 2.05) is 29.2 Å². The molecule has 1 aliphatic heterocycles. The molecule has 0 atom stereocenters. The summed E-state index contributed by atoms with van der Waals surface area (Å²) in [4.78, 5) is 28.2. The SMILES string of the molecule is O=C1CCN(c2c([N+](=O)[O-])cnc3ccccc23)CC1. The van der Waals surface area contributed by atoms with E-state index < -0.39 is 4.92 Å². The fraction of sp³-hybridized carbons (Fsp3) is 0.286. The number of pyridine rings is 1. The number of anilines is 1. The molecule has 0 radical (unpaired) electrons. The number of aromatic nitrogens is 1. The predicted molar refractivity (Wildman–Crippen MR) is 74.9 cm³/mol.